The highest BCUT2D eigenvalue weighted by Crippen LogP contribution is 2.37. The van der Waals surface area contributed by atoms with Crippen LogP contribution in [0.15, 0.2) is 24.5 Å². The van der Waals surface area contributed by atoms with E-state index in [1.807, 2.05) is 12.1 Å². The zero-order chi connectivity index (χ0) is 20.9. The second-order valence-electron chi connectivity index (χ2n) is 7.64. The minimum Gasteiger partial charge on any atom is -0.483 e. The van der Waals surface area contributed by atoms with Crippen LogP contribution in [0.4, 0.5) is 0 Å². The highest BCUT2D eigenvalue weighted by molar-refractivity contribution is 7.90. The molecule has 1 saturated carbocycles. The van der Waals surface area contributed by atoms with E-state index in [9.17, 15) is 13.2 Å². The summed E-state index contributed by atoms with van der Waals surface area (Å²) < 4.78 is 32.5. The summed E-state index contributed by atoms with van der Waals surface area (Å²) in [7, 11) is -3.15. The lowest BCUT2D eigenvalue weighted by Gasteiger charge is -2.42. The normalized spacial score (nSPS) is 27.1. The maximum Gasteiger partial charge on any atom is 0.290 e. The molecule has 0 aromatic carbocycles. The summed E-state index contributed by atoms with van der Waals surface area (Å²) in [6.45, 7) is 1.63. The fourth-order valence-corrected chi connectivity index (χ4v) is 5.84. The molecule has 1 aliphatic carbocycles. The SMILES string of the molecule is O=C(NCc1cccnc1)[C@@H]1CO[C@@H]2CCN(S(=O)(=O)C3CC3)C[C@@H]2C1.O=CO. The fourth-order valence-electron chi connectivity index (χ4n) is 3.92. The number of carbonyl (C=O) groups is 2. The minimum atomic E-state index is -3.15. The molecule has 2 saturated heterocycles. The quantitative estimate of drug-likeness (QED) is 0.662. The Labute approximate surface area is 170 Å². The number of fused-ring (bicyclic) bond motifs is 1. The van der Waals surface area contributed by atoms with Crippen molar-refractivity contribution in [2.45, 2.75) is 43.6 Å². The van der Waals surface area contributed by atoms with Crippen molar-refractivity contribution in [1.82, 2.24) is 14.6 Å². The van der Waals surface area contributed by atoms with Crippen LogP contribution in [-0.4, -0.2) is 66.2 Å². The summed E-state index contributed by atoms with van der Waals surface area (Å²) >= 11 is 0. The highest BCUT2D eigenvalue weighted by atomic mass is 32.2. The van der Waals surface area contributed by atoms with Gasteiger partial charge in [0.05, 0.1) is 23.9 Å². The molecule has 160 valence electrons. The third-order valence-electron chi connectivity index (χ3n) is 5.59. The van der Waals surface area contributed by atoms with E-state index < -0.39 is 10.0 Å². The van der Waals surface area contributed by atoms with E-state index in [1.165, 1.54) is 0 Å². The molecule has 4 rings (SSSR count). The molecule has 10 heteroatoms. The number of carbonyl (C=O) groups excluding carboxylic acids is 1. The van der Waals surface area contributed by atoms with Crippen LogP contribution in [0.3, 0.4) is 0 Å². The first-order valence-corrected chi connectivity index (χ1v) is 11.3. The molecule has 0 unspecified atom stereocenters. The Balaban J connectivity index is 0.000000755. The number of amides is 1. The van der Waals surface area contributed by atoms with Gasteiger partial charge < -0.3 is 15.2 Å². The van der Waals surface area contributed by atoms with Crippen LogP contribution in [0, 0.1) is 11.8 Å². The van der Waals surface area contributed by atoms with E-state index in [0.717, 1.165) is 24.8 Å². The number of nitrogens with one attached hydrogen (secondary N) is 1. The summed E-state index contributed by atoms with van der Waals surface area (Å²) in [5.74, 6) is -0.161. The van der Waals surface area contributed by atoms with Crippen LogP contribution in [0.2, 0.25) is 0 Å². The molecule has 1 amide bonds. The average Bonchev–Trinajstić information content (AvgIpc) is 3.58. The molecule has 0 spiro atoms. The first-order valence-electron chi connectivity index (χ1n) is 9.80. The summed E-state index contributed by atoms with van der Waals surface area (Å²) in [4.78, 5) is 24.9. The van der Waals surface area contributed by atoms with E-state index in [2.05, 4.69) is 10.3 Å². The largest absolute Gasteiger partial charge is 0.483 e. The zero-order valence-corrected chi connectivity index (χ0v) is 17.0. The van der Waals surface area contributed by atoms with Gasteiger partial charge in [-0.15, -0.1) is 0 Å². The maximum absolute atomic E-state index is 12.5. The monoisotopic (exact) mass is 425 g/mol. The fraction of sp³-hybridized carbons (Fsp3) is 0.632. The lowest BCUT2D eigenvalue weighted by molar-refractivity contribution is -0.137. The van der Waals surface area contributed by atoms with Gasteiger partial charge >= 0.3 is 0 Å². The third-order valence-corrected chi connectivity index (χ3v) is 7.96. The number of nitrogens with zero attached hydrogens (tertiary/aromatic N) is 2. The molecular weight excluding hydrogens is 398 g/mol. The number of carboxylic acid groups (broad SMARTS) is 1. The molecule has 9 nitrogen and oxygen atoms in total. The van der Waals surface area contributed by atoms with Crippen molar-refractivity contribution in [3.8, 4) is 0 Å². The molecule has 3 fully saturated rings. The van der Waals surface area contributed by atoms with Gasteiger partial charge in [-0.25, -0.2) is 12.7 Å². The Kier molecular flexibility index (Phi) is 7.20. The molecule has 0 bridgehead atoms. The molecule has 3 atom stereocenters. The Morgan fingerprint density at radius 3 is 2.79 bits per heavy atom. The van der Waals surface area contributed by atoms with Gasteiger partial charge in [-0.3, -0.25) is 14.6 Å². The third kappa shape index (κ3) is 5.52. The molecule has 1 aromatic rings. The van der Waals surface area contributed by atoms with E-state index in [1.54, 1.807) is 16.7 Å². The van der Waals surface area contributed by atoms with Crippen molar-refractivity contribution < 1.29 is 27.9 Å². The minimum absolute atomic E-state index is 0.0329. The summed E-state index contributed by atoms with van der Waals surface area (Å²) in [6.07, 6.45) is 6.47. The topological polar surface area (TPSA) is 126 Å². The van der Waals surface area contributed by atoms with Crippen LogP contribution in [-0.2, 0) is 30.9 Å². The van der Waals surface area contributed by atoms with E-state index >= 15 is 0 Å². The average molecular weight is 426 g/mol. The zero-order valence-electron chi connectivity index (χ0n) is 16.1. The van der Waals surface area contributed by atoms with Gasteiger partial charge in [-0.1, -0.05) is 6.07 Å². The summed E-state index contributed by atoms with van der Waals surface area (Å²) in [5, 5.41) is 9.65. The summed E-state index contributed by atoms with van der Waals surface area (Å²) in [6, 6.07) is 3.76. The van der Waals surface area contributed by atoms with Gasteiger partial charge in [-0.2, -0.15) is 0 Å². The van der Waals surface area contributed by atoms with Gasteiger partial charge in [0.2, 0.25) is 15.9 Å². The second-order valence-corrected chi connectivity index (χ2v) is 9.85. The smallest absolute Gasteiger partial charge is 0.290 e. The van der Waals surface area contributed by atoms with Crippen molar-refractivity contribution in [2.75, 3.05) is 19.7 Å². The van der Waals surface area contributed by atoms with Crippen LogP contribution in [0.25, 0.3) is 0 Å². The van der Waals surface area contributed by atoms with E-state index in [-0.39, 0.29) is 35.6 Å². The van der Waals surface area contributed by atoms with E-state index in [4.69, 9.17) is 14.6 Å². The van der Waals surface area contributed by atoms with Gasteiger partial charge in [0.15, 0.2) is 0 Å². The maximum atomic E-state index is 12.5. The lowest BCUT2D eigenvalue weighted by Crippen LogP contribution is -2.52. The molecule has 2 N–H and O–H groups in total. The van der Waals surface area contributed by atoms with Gasteiger partial charge in [0.1, 0.15) is 0 Å². The molecule has 2 aliphatic heterocycles. The van der Waals surface area contributed by atoms with Crippen molar-refractivity contribution in [2.24, 2.45) is 11.8 Å². The second kappa shape index (κ2) is 9.64. The van der Waals surface area contributed by atoms with Crippen LogP contribution in [0.5, 0.6) is 0 Å². The van der Waals surface area contributed by atoms with Crippen LogP contribution in [0.1, 0.15) is 31.2 Å². The summed E-state index contributed by atoms with van der Waals surface area (Å²) in [5.41, 5.74) is 0.954. The molecular formula is C19H27N3O6S. The number of ether oxygens (including phenoxy) is 1. The molecule has 1 aromatic heterocycles. The van der Waals surface area contributed by atoms with Crippen molar-refractivity contribution in [3.63, 3.8) is 0 Å². The Morgan fingerprint density at radius 2 is 2.14 bits per heavy atom. The number of rotatable bonds is 5. The Hall–Kier alpha value is -2.04. The Bertz CT molecular complexity index is 799. The van der Waals surface area contributed by atoms with Gasteiger partial charge in [0, 0.05) is 32.0 Å². The van der Waals surface area contributed by atoms with Crippen molar-refractivity contribution in [1.29, 1.82) is 0 Å². The number of pyridine rings is 1. The van der Waals surface area contributed by atoms with E-state index in [0.29, 0.717) is 32.7 Å². The molecule has 3 heterocycles. The first kappa shape index (κ1) is 21.7. The molecule has 0 radical (unpaired) electrons. The number of sulfonamides is 1. The highest BCUT2D eigenvalue weighted by Gasteiger charge is 2.45. The number of aromatic nitrogens is 1. The number of hydrogen-bond acceptors (Lipinski definition) is 6. The predicted octanol–water partition coefficient (Wildman–Crippen LogP) is 0.618. The van der Waals surface area contributed by atoms with Crippen molar-refractivity contribution >= 4 is 22.4 Å². The van der Waals surface area contributed by atoms with Crippen LogP contribution < -0.4 is 5.32 Å². The Morgan fingerprint density at radius 1 is 1.38 bits per heavy atom. The molecule has 3 aliphatic rings. The van der Waals surface area contributed by atoms with Crippen LogP contribution >= 0.6 is 0 Å². The predicted molar refractivity (Wildman–Crippen MR) is 104 cm³/mol. The number of hydrogen-bond donors (Lipinski definition) is 2. The first-order chi connectivity index (χ1) is 14.0. The lowest BCUT2D eigenvalue weighted by atomic mass is 9.84. The van der Waals surface area contributed by atoms with Gasteiger partial charge in [-0.05, 0) is 43.2 Å². The number of piperidine rings is 1. The van der Waals surface area contributed by atoms with Crippen molar-refractivity contribution in [3.05, 3.63) is 30.1 Å². The van der Waals surface area contributed by atoms with Gasteiger partial charge in [0.25, 0.3) is 6.47 Å². The molecule has 29 heavy (non-hydrogen) atoms. The standard InChI is InChI=1S/C18H25N3O4S.CH2O2/c22-18(20-10-13-2-1-6-19-9-13)15-8-14-11-21(7-5-17(14)25-12-15)26(23,24)16-3-4-16;2-1-3/h1-2,6,9,14-17H,3-5,7-8,10-12H2,(H,20,22);1H,(H,2,3)/t14-,15-,17+;/m0./s1.